The Hall–Kier alpha value is -3.81. The molecule has 0 heterocycles. The number of halogens is 3. The number of anilines is 3. The van der Waals surface area contributed by atoms with Gasteiger partial charge in [-0.2, -0.15) is 13.2 Å². The van der Waals surface area contributed by atoms with E-state index in [4.69, 9.17) is 4.74 Å². The topological polar surface area (TPSA) is 67.4 Å². The van der Waals surface area contributed by atoms with Crippen molar-refractivity contribution >= 4 is 28.9 Å². The minimum atomic E-state index is -4.49. The molecule has 0 aliphatic rings. The summed E-state index contributed by atoms with van der Waals surface area (Å²) >= 11 is 0. The van der Waals surface area contributed by atoms with Gasteiger partial charge in [0.1, 0.15) is 0 Å². The molecule has 0 aliphatic heterocycles. The molecule has 0 bridgehead atoms. The number of esters is 1. The van der Waals surface area contributed by atoms with Crippen LogP contribution in [0.2, 0.25) is 0 Å². The lowest BCUT2D eigenvalue weighted by Crippen LogP contribution is -2.30. The predicted octanol–water partition coefficient (Wildman–Crippen LogP) is 6.20. The van der Waals surface area contributed by atoms with Gasteiger partial charge in [-0.15, -0.1) is 0 Å². The molecule has 172 valence electrons. The van der Waals surface area contributed by atoms with Crippen molar-refractivity contribution in [1.29, 1.82) is 0 Å². The molecule has 0 saturated heterocycles. The normalized spacial score (nSPS) is 12.0. The lowest BCUT2D eigenvalue weighted by molar-refractivity contribution is -0.137. The fourth-order valence-electron chi connectivity index (χ4n) is 3.04. The number of hydrogen-bond acceptors (Lipinski definition) is 4. The Labute approximate surface area is 189 Å². The zero-order valence-corrected chi connectivity index (χ0v) is 18.1. The summed E-state index contributed by atoms with van der Waals surface area (Å²) in [5.41, 5.74) is 1.38. The first-order chi connectivity index (χ1) is 15.7. The molecule has 2 N–H and O–H groups in total. The molecule has 3 aromatic rings. The van der Waals surface area contributed by atoms with Gasteiger partial charge < -0.3 is 15.4 Å². The number of para-hydroxylation sites is 1. The maximum Gasteiger partial charge on any atom is 0.416 e. The molecule has 1 atom stereocenters. The fourth-order valence-corrected chi connectivity index (χ4v) is 3.04. The number of nitrogens with one attached hydrogen (secondary N) is 2. The lowest BCUT2D eigenvalue weighted by Gasteiger charge is -2.16. The van der Waals surface area contributed by atoms with Crippen LogP contribution in [0.5, 0.6) is 0 Å². The number of benzene rings is 3. The van der Waals surface area contributed by atoms with Crippen LogP contribution < -0.4 is 10.6 Å². The average molecular weight is 456 g/mol. The van der Waals surface area contributed by atoms with E-state index in [9.17, 15) is 22.8 Å². The standard InChI is InChI=1S/C25H23F3N2O3/c1-3-17-11-13-19(14-12-17)30-23(31)16(2)33-24(32)21-9-4-5-10-22(21)29-20-8-6-7-18(15-20)25(26,27)28/h4-16,29H,3H2,1-2H3,(H,30,31)/t16-/m1/s1. The molecule has 8 heteroatoms. The van der Waals surface area contributed by atoms with Crippen LogP contribution in [0.15, 0.2) is 72.8 Å². The van der Waals surface area contributed by atoms with Crippen molar-refractivity contribution in [1.82, 2.24) is 0 Å². The van der Waals surface area contributed by atoms with E-state index in [0.29, 0.717) is 5.69 Å². The molecule has 0 unspecified atom stereocenters. The number of rotatable bonds is 7. The number of carbonyl (C=O) groups excluding carboxylic acids is 2. The van der Waals surface area contributed by atoms with E-state index in [1.54, 1.807) is 24.3 Å². The Kier molecular flexibility index (Phi) is 7.37. The Morgan fingerprint density at radius 3 is 2.30 bits per heavy atom. The Morgan fingerprint density at radius 2 is 1.64 bits per heavy atom. The second-order valence-corrected chi connectivity index (χ2v) is 7.34. The first kappa shape index (κ1) is 23.8. The van der Waals surface area contributed by atoms with E-state index in [1.165, 1.54) is 31.2 Å². The van der Waals surface area contributed by atoms with Crippen molar-refractivity contribution < 1.29 is 27.5 Å². The van der Waals surface area contributed by atoms with Crippen molar-refractivity contribution in [3.05, 3.63) is 89.5 Å². The minimum absolute atomic E-state index is 0.0851. The van der Waals surface area contributed by atoms with Crippen LogP contribution in [0.4, 0.5) is 30.2 Å². The summed E-state index contributed by atoms with van der Waals surface area (Å²) in [6, 6.07) is 18.2. The highest BCUT2D eigenvalue weighted by atomic mass is 19.4. The molecule has 0 aliphatic carbocycles. The second kappa shape index (κ2) is 10.2. The molecule has 3 aromatic carbocycles. The maximum atomic E-state index is 13.0. The molecule has 5 nitrogen and oxygen atoms in total. The second-order valence-electron chi connectivity index (χ2n) is 7.34. The monoisotopic (exact) mass is 456 g/mol. The lowest BCUT2D eigenvalue weighted by atomic mass is 10.1. The zero-order valence-electron chi connectivity index (χ0n) is 18.1. The third-order valence-electron chi connectivity index (χ3n) is 4.90. The zero-order chi connectivity index (χ0) is 24.0. The van der Waals surface area contributed by atoms with Crippen LogP contribution in [0.25, 0.3) is 0 Å². The summed E-state index contributed by atoms with van der Waals surface area (Å²) in [7, 11) is 0. The van der Waals surface area contributed by atoms with Crippen LogP contribution in [0.3, 0.4) is 0 Å². The van der Waals surface area contributed by atoms with E-state index >= 15 is 0 Å². The Morgan fingerprint density at radius 1 is 0.939 bits per heavy atom. The van der Waals surface area contributed by atoms with Crippen molar-refractivity contribution in [2.24, 2.45) is 0 Å². The summed E-state index contributed by atoms with van der Waals surface area (Å²) in [5.74, 6) is -1.29. The SMILES string of the molecule is CCc1ccc(NC(=O)[C@@H](C)OC(=O)c2ccccc2Nc2cccc(C(F)(F)F)c2)cc1. The first-order valence-corrected chi connectivity index (χ1v) is 10.3. The average Bonchev–Trinajstić information content (AvgIpc) is 2.79. The Bertz CT molecular complexity index is 1130. The molecule has 33 heavy (non-hydrogen) atoms. The summed E-state index contributed by atoms with van der Waals surface area (Å²) in [6.07, 6.45) is -4.71. The van der Waals surface area contributed by atoms with Crippen LogP contribution in [-0.4, -0.2) is 18.0 Å². The van der Waals surface area contributed by atoms with Gasteiger partial charge in [0.25, 0.3) is 5.91 Å². The molecular weight excluding hydrogens is 433 g/mol. The Balaban J connectivity index is 1.69. The third-order valence-corrected chi connectivity index (χ3v) is 4.90. The van der Waals surface area contributed by atoms with E-state index < -0.39 is 29.7 Å². The predicted molar refractivity (Wildman–Crippen MR) is 120 cm³/mol. The van der Waals surface area contributed by atoms with Crippen molar-refractivity contribution in [3.8, 4) is 0 Å². The van der Waals surface area contributed by atoms with Crippen molar-refractivity contribution in [2.75, 3.05) is 10.6 Å². The first-order valence-electron chi connectivity index (χ1n) is 10.3. The van der Waals surface area contributed by atoms with Crippen LogP contribution in [0.1, 0.15) is 35.3 Å². The molecule has 1 amide bonds. The highest BCUT2D eigenvalue weighted by Gasteiger charge is 2.30. The quantitative estimate of drug-likeness (QED) is 0.416. The van der Waals surface area contributed by atoms with Gasteiger partial charge in [0, 0.05) is 11.4 Å². The van der Waals surface area contributed by atoms with Crippen molar-refractivity contribution in [2.45, 2.75) is 32.5 Å². The van der Waals surface area contributed by atoms with Gasteiger partial charge in [-0.3, -0.25) is 4.79 Å². The van der Waals surface area contributed by atoms with Gasteiger partial charge in [0.2, 0.25) is 0 Å². The smallest absolute Gasteiger partial charge is 0.416 e. The highest BCUT2D eigenvalue weighted by molar-refractivity contribution is 6.00. The minimum Gasteiger partial charge on any atom is -0.449 e. The van der Waals surface area contributed by atoms with Gasteiger partial charge in [-0.05, 0) is 61.4 Å². The van der Waals surface area contributed by atoms with Crippen LogP contribution >= 0.6 is 0 Å². The summed E-state index contributed by atoms with van der Waals surface area (Å²) in [5, 5.41) is 5.50. The fraction of sp³-hybridized carbons (Fsp3) is 0.200. The number of amides is 1. The van der Waals surface area contributed by atoms with Gasteiger partial charge in [0.15, 0.2) is 6.10 Å². The van der Waals surface area contributed by atoms with Gasteiger partial charge in [-0.25, -0.2) is 4.79 Å². The number of hydrogen-bond donors (Lipinski definition) is 2. The van der Waals surface area contributed by atoms with E-state index in [1.807, 2.05) is 19.1 Å². The number of aryl methyl sites for hydroxylation is 1. The van der Waals surface area contributed by atoms with Crippen LogP contribution in [-0.2, 0) is 22.1 Å². The van der Waals surface area contributed by atoms with Gasteiger partial charge in [-0.1, -0.05) is 37.3 Å². The van der Waals surface area contributed by atoms with Gasteiger partial charge >= 0.3 is 12.1 Å². The molecule has 0 aromatic heterocycles. The van der Waals surface area contributed by atoms with Crippen molar-refractivity contribution in [3.63, 3.8) is 0 Å². The summed E-state index contributed by atoms with van der Waals surface area (Å²) in [6.45, 7) is 3.46. The van der Waals surface area contributed by atoms with Gasteiger partial charge in [0.05, 0.1) is 16.8 Å². The maximum absolute atomic E-state index is 13.0. The summed E-state index contributed by atoms with van der Waals surface area (Å²) < 4.78 is 44.3. The third kappa shape index (κ3) is 6.35. The van der Waals surface area contributed by atoms with E-state index in [2.05, 4.69) is 10.6 Å². The molecule has 0 spiro atoms. The number of carbonyl (C=O) groups is 2. The molecule has 0 radical (unpaired) electrons. The van der Waals surface area contributed by atoms with E-state index in [-0.39, 0.29) is 16.9 Å². The summed E-state index contributed by atoms with van der Waals surface area (Å²) in [4.78, 5) is 25.1. The molecule has 3 rings (SSSR count). The molecule has 0 saturated carbocycles. The number of ether oxygens (including phenoxy) is 1. The molecular formula is C25H23F3N2O3. The van der Waals surface area contributed by atoms with Crippen LogP contribution in [0, 0.1) is 0 Å². The highest BCUT2D eigenvalue weighted by Crippen LogP contribution is 2.32. The number of alkyl halides is 3. The molecule has 0 fully saturated rings. The van der Waals surface area contributed by atoms with E-state index in [0.717, 1.165) is 24.1 Å². The largest absolute Gasteiger partial charge is 0.449 e.